The molecule has 0 heterocycles. The van der Waals surface area contributed by atoms with Crippen LogP contribution in [0.4, 0.5) is 0 Å². The van der Waals surface area contributed by atoms with Crippen LogP contribution in [0, 0.1) is 0 Å². The molecule has 0 radical (unpaired) electrons. The zero-order chi connectivity index (χ0) is 15.1. The molecule has 0 aliphatic rings. The van der Waals surface area contributed by atoms with Crippen LogP contribution in [0.2, 0.25) is 0 Å². The molecule has 0 aliphatic heterocycles. The molecule has 19 heavy (non-hydrogen) atoms. The molecule has 0 amide bonds. The van der Waals surface area contributed by atoms with Crippen molar-refractivity contribution in [1.82, 2.24) is 0 Å². The fourth-order valence-electron chi connectivity index (χ4n) is 0.941. The van der Waals surface area contributed by atoms with E-state index in [0.29, 0.717) is 0 Å². The summed E-state index contributed by atoms with van der Waals surface area (Å²) in [6.07, 6.45) is -1.61. The SMILES string of the molecule is O=S(O)OCC(CCCOS(=O)(=O)O)OS(=O)(=O)O. The Morgan fingerprint density at radius 2 is 1.68 bits per heavy atom. The van der Waals surface area contributed by atoms with Crippen LogP contribution in [0.5, 0.6) is 0 Å². The van der Waals surface area contributed by atoms with Crippen molar-refractivity contribution < 1.29 is 47.3 Å². The Balaban J connectivity index is 4.22. The molecule has 3 N–H and O–H groups in total. The summed E-state index contributed by atoms with van der Waals surface area (Å²) in [6, 6.07) is 0. The highest BCUT2D eigenvalue weighted by atomic mass is 32.3. The summed E-state index contributed by atoms with van der Waals surface area (Å²) in [5.74, 6) is 0. The molecule has 0 aromatic heterocycles. The van der Waals surface area contributed by atoms with Crippen molar-refractivity contribution in [2.24, 2.45) is 0 Å². The second-order valence-corrected chi connectivity index (χ2v) is 5.85. The number of rotatable bonds is 10. The molecule has 0 saturated carbocycles. The highest BCUT2D eigenvalue weighted by Gasteiger charge is 2.19. The van der Waals surface area contributed by atoms with Gasteiger partial charge in [-0.25, -0.2) is 8.37 Å². The van der Waals surface area contributed by atoms with Gasteiger partial charge in [-0.05, 0) is 12.8 Å². The van der Waals surface area contributed by atoms with E-state index in [1.54, 1.807) is 0 Å². The average molecular weight is 344 g/mol. The normalized spacial score (nSPS) is 16.2. The lowest BCUT2D eigenvalue weighted by Crippen LogP contribution is -2.24. The highest BCUT2D eigenvalue weighted by molar-refractivity contribution is 7.81. The highest BCUT2D eigenvalue weighted by Crippen LogP contribution is 2.08. The van der Waals surface area contributed by atoms with E-state index in [0.717, 1.165) is 0 Å². The molecule has 0 rings (SSSR count). The summed E-state index contributed by atoms with van der Waals surface area (Å²) >= 11 is -2.66. The molecule has 0 saturated heterocycles. The first-order valence-electron chi connectivity index (χ1n) is 4.51. The molecule has 2 unspecified atom stereocenters. The van der Waals surface area contributed by atoms with Gasteiger partial charge in [-0.3, -0.25) is 17.8 Å². The van der Waals surface area contributed by atoms with Crippen molar-refractivity contribution in [2.75, 3.05) is 13.2 Å². The average Bonchev–Trinajstić information content (AvgIpc) is 2.17. The molecule has 0 fully saturated rings. The zero-order valence-corrected chi connectivity index (χ0v) is 11.7. The standard InChI is InChI=1S/C5H12O11S3/c6-17(7)14-4-5(16-19(11,12)13)2-1-3-15-18(8,9)10/h5H,1-4H2,(H,6,7)(H,8,9,10)(H,11,12,13). The first-order valence-corrected chi connectivity index (χ1v) is 8.27. The molecule has 0 aromatic carbocycles. The molecule has 0 aromatic rings. The topological polar surface area (TPSA) is 174 Å². The van der Waals surface area contributed by atoms with E-state index in [-0.39, 0.29) is 12.8 Å². The van der Waals surface area contributed by atoms with Crippen LogP contribution in [0.25, 0.3) is 0 Å². The van der Waals surface area contributed by atoms with Crippen LogP contribution in [0.1, 0.15) is 12.8 Å². The van der Waals surface area contributed by atoms with Gasteiger partial charge < -0.3 is 0 Å². The van der Waals surface area contributed by atoms with Gasteiger partial charge in [0.25, 0.3) is 0 Å². The summed E-state index contributed by atoms with van der Waals surface area (Å²) in [6.45, 7) is -1.12. The van der Waals surface area contributed by atoms with E-state index in [2.05, 4.69) is 12.5 Å². The maximum atomic E-state index is 10.5. The van der Waals surface area contributed by atoms with Crippen LogP contribution < -0.4 is 0 Å². The molecule has 14 heteroatoms. The van der Waals surface area contributed by atoms with E-state index >= 15 is 0 Å². The van der Waals surface area contributed by atoms with Crippen LogP contribution in [0.3, 0.4) is 0 Å². The summed E-state index contributed by atoms with van der Waals surface area (Å²) in [7, 11) is -9.42. The van der Waals surface area contributed by atoms with Gasteiger partial charge in [-0.2, -0.15) is 21.0 Å². The van der Waals surface area contributed by atoms with Gasteiger partial charge in [0, 0.05) is 0 Å². The quantitative estimate of drug-likeness (QED) is 0.250. The molecular weight excluding hydrogens is 332 g/mol. The molecule has 11 nitrogen and oxygen atoms in total. The Kier molecular flexibility index (Phi) is 8.09. The molecular formula is C5H12O11S3. The third-order valence-corrected chi connectivity index (χ3v) is 2.83. The molecule has 0 spiro atoms. The van der Waals surface area contributed by atoms with Crippen molar-refractivity contribution in [3.8, 4) is 0 Å². The third-order valence-electron chi connectivity index (χ3n) is 1.52. The summed E-state index contributed by atoms with van der Waals surface area (Å²) in [5.41, 5.74) is 0. The Labute approximate surface area is 112 Å². The zero-order valence-electron chi connectivity index (χ0n) is 9.24. The number of hydrogen-bond acceptors (Lipinski definition) is 8. The molecule has 2 atom stereocenters. The van der Waals surface area contributed by atoms with Gasteiger partial charge in [0.1, 0.15) is 6.10 Å². The maximum Gasteiger partial charge on any atom is 0.397 e. The van der Waals surface area contributed by atoms with Crippen molar-refractivity contribution in [3.05, 3.63) is 0 Å². The Hall–Kier alpha value is -0.190. The van der Waals surface area contributed by atoms with Crippen LogP contribution >= 0.6 is 0 Å². The van der Waals surface area contributed by atoms with Gasteiger partial charge in [0.05, 0.1) is 13.2 Å². The van der Waals surface area contributed by atoms with Gasteiger partial charge in [0.15, 0.2) is 0 Å². The van der Waals surface area contributed by atoms with Gasteiger partial charge >= 0.3 is 32.2 Å². The van der Waals surface area contributed by atoms with E-state index < -0.39 is 51.5 Å². The van der Waals surface area contributed by atoms with Gasteiger partial charge in [-0.15, -0.1) is 0 Å². The second kappa shape index (κ2) is 8.18. The maximum absolute atomic E-state index is 10.5. The fourth-order valence-corrected chi connectivity index (χ4v) is 2.03. The van der Waals surface area contributed by atoms with E-state index in [4.69, 9.17) is 13.7 Å². The minimum absolute atomic E-state index is 0.0958. The van der Waals surface area contributed by atoms with Crippen LogP contribution in [-0.2, 0) is 44.7 Å². The predicted molar refractivity (Wildman–Crippen MR) is 59.9 cm³/mol. The minimum Gasteiger partial charge on any atom is -0.284 e. The Morgan fingerprint density at radius 1 is 1.11 bits per heavy atom. The minimum atomic E-state index is -4.81. The van der Waals surface area contributed by atoms with Gasteiger partial charge in [-0.1, -0.05) is 0 Å². The third kappa shape index (κ3) is 14.0. The molecule has 0 bridgehead atoms. The predicted octanol–water partition coefficient (Wildman–Crippen LogP) is -1.07. The van der Waals surface area contributed by atoms with Crippen molar-refractivity contribution >= 4 is 32.2 Å². The summed E-state index contributed by atoms with van der Waals surface area (Å²) < 4.78 is 88.7. The van der Waals surface area contributed by atoms with Crippen molar-refractivity contribution in [3.63, 3.8) is 0 Å². The Morgan fingerprint density at radius 3 is 2.11 bits per heavy atom. The van der Waals surface area contributed by atoms with Gasteiger partial charge in [0.2, 0.25) is 0 Å². The lowest BCUT2D eigenvalue weighted by molar-refractivity contribution is 0.107. The summed E-state index contributed by atoms with van der Waals surface area (Å²) in [5, 5.41) is 0. The van der Waals surface area contributed by atoms with E-state index in [1.165, 1.54) is 0 Å². The van der Waals surface area contributed by atoms with Crippen molar-refractivity contribution in [2.45, 2.75) is 18.9 Å². The Bertz CT molecular complexity index is 478. The van der Waals surface area contributed by atoms with Crippen LogP contribution in [-0.4, -0.2) is 54.0 Å². The van der Waals surface area contributed by atoms with Crippen LogP contribution in [0.15, 0.2) is 0 Å². The fraction of sp³-hybridized carbons (Fsp3) is 1.00. The van der Waals surface area contributed by atoms with E-state index in [1.807, 2.05) is 0 Å². The lowest BCUT2D eigenvalue weighted by atomic mass is 10.2. The monoisotopic (exact) mass is 344 g/mol. The first kappa shape index (κ1) is 18.8. The number of hydrogen-bond donors (Lipinski definition) is 3. The molecule has 116 valence electrons. The lowest BCUT2D eigenvalue weighted by Gasteiger charge is -2.13. The summed E-state index contributed by atoms with van der Waals surface area (Å²) in [4.78, 5) is 0. The van der Waals surface area contributed by atoms with Crippen molar-refractivity contribution in [1.29, 1.82) is 0 Å². The largest absolute Gasteiger partial charge is 0.397 e. The van der Waals surface area contributed by atoms with E-state index in [9.17, 15) is 21.0 Å². The first-order chi connectivity index (χ1) is 8.49. The molecule has 0 aliphatic carbocycles. The second-order valence-electron chi connectivity index (χ2n) is 3.04. The smallest absolute Gasteiger partial charge is 0.284 e.